The molecule has 1 unspecified atom stereocenters. The fourth-order valence-electron chi connectivity index (χ4n) is 3.77. The highest BCUT2D eigenvalue weighted by Crippen LogP contribution is 2.38. The highest BCUT2D eigenvalue weighted by Gasteiger charge is 2.39. The van der Waals surface area contributed by atoms with E-state index in [9.17, 15) is 9.18 Å². The van der Waals surface area contributed by atoms with Crippen LogP contribution in [-0.2, 0) is 11.8 Å². The summed E-state index contributed by atoms with van der Waals surface area (Å²) in [5.41, 5.74) is 1.95. The lowest BCUT2D eigenvalue weighted by atomic mass is 10.1. The Kier molecular flexibility index (Phi) is 4.86. The van der Waals surface area contributed by atoms with Gasteiger partial charge in [0.05, 0.1) is 18.1 Å². The number of fused-ring (bicyclic) bond motifs is 1. The Morgan fingerprint density at radius 3 is 2.58 bits per heavy atom. The van der Waals surface area contributed by atoms with Crippen LogP contribution in [0.3, 0.4) is 0 Å². The number of benzene rings is 1. The van der Waals surface area contributed by atoms with E-state index in [1.807, 2.05) is 0 Å². The molecule has 1 atom stereocenters. The van der Waals surface area contributed by atoms with Crippen molar-refractivity contribution in [3.63, 3.8) is 0 Å². The van der Waals surface area contributed by atoms with Gasteiger partial charge in [-0.3, -0.25) is 18.9 Å². The molecule has 4 aromatic rings. The predicted octanol–water partition coefficient (Wildman–Crippen LogP) is 2.71. The largest absolute Gasteiger partial charge is 0.308 e. The SMILES string of the molecule is CC#CC1C(=O)N(C)c2cnc(-n3ccnc3-c3ccc(F)cc3)nc2N1c1cnn(C)c1. The summed E-state index contributed by atoms with van der Waals surface area (Å²) in [6, 6.07) is 5.28. The molecule has 0 N–H and O–H groups in total. The van der Waals surface area contributed by atoms with E-state index in [4.69, 9.17) is 4.98 Å². The van der Waals surface area contributed by atoms with Crippen LogP contribution in [0, 0.1) is 17.7 Å². The number of aromatic nitrogens is 6. The van der Waals surface area contributed by atoms with Crippen LogP contribution in [0.4, 0.5) is 21.6 Å². The Morgan fingerprint density at radius 1 is 1.09 bits per heavy atom. The first-order valence-corrected chi connectivity index (χ1v) is 10.1. The molecule has 0 saturated heterocycles. The van der Waals surface area contributed by atoms with Crippen molar-refractivity contribution in [2.45, 2.75) is 13.0 Å². The van der Waals surface area contributed by atoms with Crippen LogP contribution in [0.25, 0.3) is 17.3 Å². The van der Waals surface area contributed by atoms with Crippen LogP contribution in [-0.4, -0.2) is 48.3 Å². The van der Waals surface area contributed by atoms with Crippen LogP contribution in [0.5, 0.6) is 0 Å². The first-order chi connectivity index (χ1) is 16.0. The summed E-state index contributed by atoms with van der Waals surface area (Å²) in [5.74, 6) is 6.75. The molecule has 0 spiro atoms. The average Bonchev–Trinajstić information content (AvgIpc) is 3.47. The molecule has 4 heterocycles. The average molecular weight is 442 g/mol. The zero-order valence-electron chi connectivity index (χ0n) is 18.1. The van der Waals surface area contributed by atoms with Crippen LogP contribution >= 0.6 is 0 Å². The van der Waals surface area contributed by atoms with Gasteiger partial charge in [0.1, 0.15) is 17.3 Å². The lowest BCUT2D eigenvalue weighted by Gasteiger charge is -2.37. The van der Waals surface area contributed by atoms with E-state index in [2.05, 4.69) is 26.9 Å². The number of anilines is 3. The van der Waals surface area contributed by atoms with Crippen LogP contribution in [0.2, 0.25) is 0 Å². The van der Waals surface area contributed by atoms with E-state index >= 15 is 0 Å². The van der Waals surface area contributed by atoms with Crippen LogP contribution in [0.1, 0.15) is 6.92 Å². The number of carbonyl (C=O) groups excluding carboxylic acids is 1. The fraction of sp³-hybridized carbons (Fsp3) is 0.174. The number of hydrogen-bond acceptors (Lipinski definition) is 6. The molecule has 1 aliphatic heterocycles. The quantitative estimate of drug-likeness (QED) is 0.454. The minimum Gasteiger partial charge on any atom is -0.308 e. The highest BCUT2D eigenvalue weighted by atomic mass is 19.1. The van der Waals surface area contributed by atoms with Gasteiger partial charge in [-0.05, 0) is 31.2 Å². The van der Waals surface area contributed by atoms with Gasteiger partial charge < -0.3 is 4.90 Å². The van der Waals surface area contributed by atoms with Crippen molar-refractivity contribution in [1.29, 1.82) is 0 Å². The molecule has 5 rings (SSSR count). The summed E-state index contributed by atoms with van der Waals surface area (Å²) >= 11 is 0. The minimum absolute atomic E-state index is 0.188. The molecule has 1 aromatic carbocycles. The number of carbonyl (C=O) groups is 1. The smallest absolute Gasteiger partial charge is 0.262 e. The maximum Gasteiger partial charge on any atom is 0.262 e. The summed E-state index contributed by atoms with van der Waals surface area (Å²) in [7, 11) is 3.48. The van der Waals surface area contributed by atoms with Crippen molar-refractivity contribution in [1.82, 2.24) is 29.3 Å². The van der Waals surface area contributed by atoms with E-state index in [1.54, 1.807) is 78.3 Å². The molecule has 1 aliphatic rings. The van der Waals surface area contributed by atoms with Crippen molar-refractivity contribution in [3.8, 4) is 29.2 Å². The summed E-state index contributed by atoms with van der Waals surface area (Å²) in [6.07, 6.45) is 8.42. The van der Waals surface area contributed by atoms with Crippen LogP contribution < -0.4 is 9.80 Å². The van der Waals surface area contributed by atoms with Crippen molar-refractivity contribution < 1.29 is 9.18 Å². The van der Waals surface area contributed by atoms with E-state index in [0.29, 0.717) is 34.5 Å². The second-order valence-electron chi connectivity index (χ2n) is 7.44. The Hall–Kier alpha value is -4.52. The van der Waals surface area contributed by atoms with Gasteiger partial charge in [-0.1, -0.05) is 5.92 Å². The summed E-state index contributed by atoms with van der Waals surface area (Å²) in [6.45, 7) is 1.69. The maximum atomic E-state index is 13.4. The molecule has 1 amide bonds. The monoisotopic (exact) mass is 442 g/mol. The molecule has 10 heteroatoms. The van der Waals surface area contributed by atoms with Gasteiger partial charge in [0, 0.05) is 38.2 Å². The Morgan fingerprint density at radius 2 is 1.88 bits per heavy atom. The molecule has 3 aromatic heterocycles. The lowest BCUT2D eigenvalue weighted by Crippen LogP contribution is -2.50. The predicted molar refractivity (Wildman–Crippen MR) is 121 cm³/mol. The van der Waals surface area contributed by atoms with Crippen LogP contribution in [0.15, 0.2) is 55.2 Å². The molecular formula is C23H19FN8O. The number of likely N-dealkylation sites (N-methyl/N-ethyl adjacent to an activating group) is 1. The zero-order valence-corrected chi connectivity index (χ0v) is 18.1. The summed E-state index contributed by atoms with van der Waals surface area (Å²) in [4.78, 5) is 30.1. The standard InChI is InChI=1S/C23H19FN8O/c1-4-5-18-22(33)30(3)19-13-26-23(28-21(19)32(18)17-12-27-29(2)14-17)31-11-10-25-20(31)15-6-8-16(24)9-7-15/h6-14,18H,1-3H3. The lowest BCUT2D eigenvalue weighted by molar-refractivity contribution is -0.118. The molecule has 9 nitrogen and oxygen atoms in total. The van der Waals surface area contributed by atoms with Gasteiger partial charge in [0.15, 0.2) is 11.9 Å². The number of amides is 1. The Labute approximate surface area is 189 Å². The molecule has 0 radical (unpaired) electrons. The number of hydrogen-bond donors (Lipinski definition) is 0. The number of nitrogens with zero attached hydrogens (tertiary/aromatic N) is 8. The number of aryl methyl sites for hydroxylation is 1. The first kappa shape index (κ1) is 20.4. The number of halogens is 1. The van der Waals surface area contributed by atoms with E-state index in [-0.39, 0.29) is 11.7 Å². The Bertz CT molecular complexity index is 1410. The molecule has 0 aliphatic carbocycles. The fourth-order valence-corrected chi connectivity index (χ4v) is 3.77. The first-order valence-electron chi connectivity index (χ1n) is 10.1. The minimum atomic E-state index is -0.765. The normalized spacial score (nSPS) is 15.3. The van der Waals surface area contributed by atoms with Gasteiger partial charge in [-0.25, -0.2) is 14.4 Å². The third kappa shape index (κ3) is 3.40. The molecule has 0 saturated carbocycles. The summed E-state index contributed by atoms with van der Waals surface area (Å²) in [5, 5.41) is 4.25. The molecule has 0 bridgehead atoms. The zero-order chi connectivity index (χ0) is 23.1. The molecule has 33 heavy (non-hydrogen) atoms. The number of rotatable bonds is 3. The topological polar surface area (TPSA) is 85.0 Å². The van der Waals surface area contributed by atoms with Gasteiger partial charge in [0.2, 0.25) is 5.95 Å². The highest BCUT2D eigenvalue weighted by molar-refractivity contribution is 6.07. The van der Waals surface area contributed by atoms with Gasteiger partial charge >= 0.3 is 0 Å². The van der Waals surface area contributed by atoms with Gasteiger partial charge in [-0.15, -0.1) is 5.92 Å². The third-order valence-electron chi connectivity index (χ3n) is 5.36. The third-order valence-corrected chi connectivity index (χ3v) is 5.36. The molecule has 164 valence electrons. The molecule has 0 fully saturated rings. The Balaban J connectivity index is 1.68. The number of imidazole rings is 1. The van der Waals surface area contributed by atoms with Crippen molar-refractivity contribution in [2.24, 2.45) is 7.05 Å². The van der Waals surface area contributed by atoms with Gasteiger partial charge in [-0.2, -0.15) is 10.1 Å². The second-order valence-corrected chi connectivity index (χ2v) is 7.44. The van der Waals surface area contributed by atoms with Crippen molar-refractivity contribution >= 4 is 23.1 Å². The second kappa shape index (κ2) is 7.87. The van der Waals surface area contributed by atoms with E-state index < -0.39 is 6.04 Å². The van der Waals surface area contributed by atoms with Crippen molar-refractivity contribution in [3.05, 3.63) is 61.1 Å². The summed E-state index contributed by atoms with van der Waals surface area (Å²) < 4.78 is 16.8. The van der Waals surface area contributed by atoms with E-state index in [1.165, 1.54) is 17.0 Å². The molecular weight excluding hydrogens is 423 g/mol. The van der Waals surface area contributed by atoms with E-state index in [0.717, 1.165) is 0 Å². The van der Waals surface area contributed by atoms with Gasteiger partial charge in [0.25, 0.3) is 5.91 Å². The van der Waals surface area contributed by atoms with Crippen molar-refractivity contribution in [2.75, 3.05) is 16.8 Å². The maximum absolute atomic E-state index is 13.4.